The number of hydrogen-bond donors (Lipinski definition) is 2. The standard InChI is InChI=1S/C19H17FN4OS/c1-13(14-7-9-15(20)10-8-14)21-19(26)22-17-11-12-18(24-23-17)25-16-5-3-2-4-6-16/h2-13H,1H3,(H2,21,22,23,26). The Morgan fingerprint density at radius 2 is 1.73 bits per heavy atom. The average molecular weight is 368 g/mol. The number of rotatable bonds is 5. The molecule has 1 aromatic heterocycles. The van der Waals surface area contributed by atoms with Crippen molar-refractivity contribution >= 4 is 23.1 Å². The molecule has 1 atom stereocenters. The Bertz CT molecular complexity index is 857. The maximum absolute atomic E-state index is 13.0. The van der Waals surface area contributed by atoms with E-state index in [4.69, 9.17) is 17.0 Å². The van der Waals surface area contributed by atoms with E-state index in [0.717, 1.165) is 5.56 Å². The SMILES string of the molecule is CC(NC(=S)Nc1ccc(Oc2ccccc2)nn1)c1ccc(F)cc1. The molecular formula is C19H17FN4OS. The molecule has 0 aliphatic heterocycles. The van der Waals surface area contributed by atoms with E-state index in [1.54, 1.807) is 24.3 Å². The summed E-state index contributed by atoms with van der Waals surface area (Å²) >= 11 is 5.28. The lowest BCUT2D eigenvalue weighted by Crippen LogP contribution is -2.31. The molecule has 0 spiro atoms. The minimum absolute atomic E-state index is 0.0794. The first-order valence-electron chi connectivity index (χ1n) is 8.00. The van der Waals surface area contributed by atoms with E-state index in [1.807, 2.05) is 37.3 Å². The summed E-state index contributed by atoms with van der Waals surface area (Å²) in [6, 6.07) is 19.0. The van der Waals surface area contributed by atoms with Gasteiger partial charge in [-0.3, -0.25) is 0 Å². The molecule has 3 aromatic rings. The molecule has 1 heterocycles. The van der Waals surface area contributed by atoms with Crippen molar-refractivity contribution in [1.82, 2.24) is 15.5 Å². The number of hydrogen-bond acceptors (Lipinski definition) is 4. The van der Waals surface area contributed by atoms with Crippen LogP contribution in [0.3, 0.4) is 0 Å². The summed E-state index contributed by atoms with van der Waals surface area (Å²) in [5.41, 5.74) is 0.924. The molecule has 0 fully saturated rings. The van der Waals surface area contributed by atoms with Gasteiger partial charge in [-0.2, -0.15) is 0 Å². The number of benzene rings is 2. The van der Waals surface area contributed by atoms with Crippen LogP contribution < -0.4 is 15.4 Å². The van der Waals surface area contributed by atoms with E-state index in [0.29, 0.717) is 22.6 Å². The molecule has 0 aliphatic carbocycles. The maximum atomic E-state index is 13.0. The number of anilines is 1. The van der Waals surface area contributed by atoms with Gasteiger partial charge in [-0.05, 0) is 55.0 Å². The zero-order valence-electron chi connectivity index (χ0n) is 14.0. The summed E-state index contributed by atoms with van der Waals surface area (Å²) in [5, 5.41) is 14.5. The highest BCUT2D eigenvalue weighted by Gasteiger charge is 2.08. The monoisotopic (exact) mass is 368 g/mol. The van der Waals surface area contributed by atoms with Crippen LogP contribution in [-0.4, -0.2) is 15.3 Å². The van der Waals surface area contributed by atoms with Crippen LogP contribution in [0.25, 0.3) is 0 Å². The van der Waals surface area contributed by atoms with Crippen molar-refractivity contribution in [3.8, 4) is 11.6 Å². The van der Waals surface area contributed by atoms with Gasteiger partial charge in [0.25, 0.3) is 0 Å². The molecule has 26 heavy (non-hydrogen) atoms. The van der Waals surface area contributed by atoms with Gasteiger partial charge in [0.1, 0.15) is 11.6 Å². The summed E-state index contributed by atoms with van der Waals surface area (Å²) < 4.78 is 18.6. The van der Waals surface area contributed by atoms with Gasteiger partial charge in [-0.1, -0.05) is 30.3 Å². The first kappa shape index (κ1) is 17.8. The van der Waals surface area contributed by atoms with Gasteiger partial charge in [-0.15, -0.1) is 10.2 Å². The third-order valence-corrected chi connectivity index (χ3v) is 3.78. The molecule has 132 valence electrons. The van der Waals surface area contributed by atoms with Crippen molar-refractivity contribution in [2.45, 2.75) is 13.0 Å². The van der Waals surface area contributed by atoms with E-state index >= 15 is 0 Å². The van der Waals surface area contributed by atoms with Gasteiger partial charge in [0.2, 0.25) is 5.88 Å². The fourth-order valence-corrected chi connectivity index (χ4v) is 2.52. The Balaban J connectivity index is 1.55. The van der Waals surface area contributed by atoms with Crippen LogP contribution in [0.1, 0.15) is 18.5 Å². The highest BCUT2D eigenvalue weighted by Crippen LogP contribution is 2.18. The second-order valence-electron chi connectivity index (χ2n) is 5.54. The molecule has 0 saturated heterocycles. The average Bonchev–Trinajstić information content (AvgIpc) is 2.64. The summed E-state index contributed by atoms with van der Waals surface area (Å²) in [5.74, 6) is 1.30. The number of thiocarbonyl (C=S) groups is 1. The molecule has 0 aliphatic rings. The number of nitrogens with zero attached hydrogens (tertiary/aromatic N) is 2. The first-order chi connectivity index (χ1) is 12.6. The highest BCUT2D eigenvalue weighted by molar-refractivity contribution is 7.80. The van der Waals surface area contributed by atoms with Crippen molar-refractivity contribution in [1.29, 1.82) is 0 Å². The van der Waals surface area contributed by atoms with Crippen LogP contribution in [0, 0.1) is 5.82 Å². The number of halogens is 1. The minimum Gasteiger partial charge on any atom is -0.438 e. The zero-order chi connectivity index (χ0) is 18.4. The Hall–Kier alpha value is -3.06. The van der Waals surface area contributed by atoms with E-state index in [2.05, 4.69) is 20.8 Å². The number of ether oxygens (including phenoxy) is 1. The van der Waals surface area contributed by atoms with Crippen molar-refractivity contribution in [2.24, 2.45) is 0 Å². The van der Waals surface area contributed by atoms with Crippen LogP contribution in [0.2, 0.25) is 0 Å². The van der Waals surface area contributed by atoms with Crippen LogP contribution in [-0.2, 0) is 0 Å². The lowest BCUT2D eigenvalue weighted by molar-refractivity contribution is 0.455. The Kier molecular flexibility index (Phi) is 5.70. The Morgan fingerprint density at radius 1 is 1.00 bits per heavy atom. The molecular weight excluding hydrogens is 351 g/mol. The highest BCUT2D eigenvalue weighted by atomic mass is 32.1. The summed E-state index contributed by atoms with van der Waals surface area (Å²) in [4.78, 5) is 0. The van der Waals surface area contributed by atoms with E-state index in [-0.39, 0.29) is 11.9 Å². The molecule has 0 amide bonds. The Morgan fingerprint density at radius 3 is 2.38 bits per heavy atom. The molecule has 7 heteroatoms. The van der Waals surface area contributed by atoms with Gasteiger partial charge in [-0.25, -0.2) is 4.39 Å². The quantitative estimate of drug-likeness (QED) is 0.649. The van der Waals surface area contributed by atoms with Crippen molar-refractivity contribution in [3.05, 3.63) is 78.1 Å². The zero-order valence-corrected chi connectivity index (χ0v) is 14.8. The largest absolute Gasteiger partial charge is 0.438 e. The van der Waals surface area contributed by atoms with Crippen molar-refractivity contribution in [3.63, 3.8) is 0 Å². The van der Waals surface area contributed by atoms with Gasteiger partial charge in [0.05, 0.1) is 6.04 Å². The van der Waals surface area contributed by atoms with Gasteiger partial charge in [0.15, 0.2) is 10.9 Å². The summed E-state index contributed by atoms with van der Waals surface area (Å²) in [6.07, 6.45) is 0. The van der Waals surface area contributed by atoms with Gasteiger partial charge >= 0.3 is 0 Å². The van der Waals surface area contributed by atoms with Crippen molar-refractivity contribution in [2.75, 3.05) is 5.32 Å². The molecule has 2 aromatic carbocycles. The lowest BCUT2D eigenvalue weighted by Gasteiger charge is -2.17. The molecule has 1 unspecified atom stereocenters. The lowest BCUT2D eigenvalue weighted by atomic mass is 10.1. The smallest absolute Gasteiger partial charge is 0.238 e. The topological polar surface area (TPSA) is 59.1 Å². The Labute approximate surface area is 156 Å². The number of nitrogens with one attached hydrogen (secondary N) is 2. The predicted molar refractivity (Wildman–Crippen MR) is 103 cm³/mol. The fraction of sp³-hybridized carbons (Fsp3) is 0.105. The minimum atomic E-state index is -0.269. The third kappa shape index (κ3) is 4.97. The van der Waals surface area contributed by atoms with Gasteiger partial charge < -0.3 is 15.4 Å². The number of para-hydroxylation sites is 1. The van der Waals surface area contributed by atoms with E-state index in [1.165, 1.54) is 12.1 Å². The first-order valence-corrected chi connectivity index (χ1v) is 8.40. The van der Waals surface area contributed by atoms with Crippen LogP contribution >= 0.6 is 12.2 Å². The number of aromatic nitrogens is 2. The molecule has 0 radical (unpaired) electrons. The van der Waals surface area contributed by atoms with Crippen LogP contribution in [0.5, 0.6) is 11.6 Å². The van der Waals surface area contributed by atoms with Crippen LogP contribution in [0.4, 0.5) is 10.2 Å². The second-order valence-corrected chi connectivity index (χ2v) is 5.95. The molecule has 3 rings (SSSR count). The predicted octanol–water partition coefficient (Wildman–Crippen LogP) is 4.46. The third-order valence-electron chi connectivity index (χ3n) is 3.56. The van der Waals surface area contributed by atoms with Crippen LogP contribution in [0.15, 0.2) is 66.7 Å². The molecule has 0 saturated carbocycles. The van der Waals surface area contributed by atoms with Crippen molar-refractivity contribution < 1.29 is 9.13 Å². The van der Waals surface area contributed by atoms with E-state index in [9.17, 15) is 4.39 Å². The summed E-state index contributed by atoms with van der Waals surface area (Å²) in [6.45, 7) is 1.93. The van der Waals surface area contributed by atoms with E-state index < -0.39 is 0 Å². The molecule has 0 bridgehead atoms. The fourth-order valence-electron chi connectivity index (χ4n) is 2.23. The normalized spacial score (nSPS) is 11.5. The molecule has 2 N–H and O–H groups in total. The van der Waals surface area contributed by atoms with Gasteiger partial charge in [0, 0.05) is 6.07 Å². The summed E-state index contributed by atoms with van der Waals surface area (Å²) in [7, 11) is 0. The maximum Gasteiger partial charge on any atom is 0.238 e. The molecule has 5 nitrogen and oxygen atoms in total. The second kappa shape index (κ2) is 8.35.